The lowest BCUT2D eigenvalue weighted by molar-refractivity contribution is 0.586. The first-order valence-corrected chi connectivity index (χ1v) is 9.82. The molecule has 0 saturated heterocycles. The molecule has 0 aliphatic carbocycles. The molecule has 0 spiro atoms. The molecule has 108 valence electrons. The van der Waals surface area contributed by atoms with Crippen LogP contribution < -0.4 is 10.5 Å². The Hall–Kier alpha value is -0.770. The second-order valence-electron chi connectivity index (χ2n) is 3.89. The summed E-state index contributed by atoms with van der Waals surface area (Å²) < 4.78 is 48.0. The van der Waals surface area contributed by atoms with Crippen molar-refractivity contribution in [2.75, 3.05) is 30.5 Å². The number of sulfonamides is 1. The Morgan fingerprint density at radius 3 is 2.42 bits per heavy atom. The van der Waals surface area contributed by atoms with Crippen LogP contribution in [-0.2, 0) is 19.9 Å². The van der Waals surface area contributed by atoms with E-state index in [0.29, 0.717) is 10.6 Å². The lowest BCUT2D eigenvalue weighted by Gasteiger charge is -2.10. The quantitative estimate of drug-likeness (QED) is 0.576. The highest BCUT2D eigenvalue weighted by Crippen LogP contribution is 2.28. The van der Waals surface area contributed by atoms with Gasteiger partial charge in [-0.2, -0.15) is 0 Å². The zero-order valence-corrected chi connectivity index (χ0v) is 13.0. The molecule has 0 heterocycles. The number of nitrogen functional groups attached to an aromatic ring is 1. The van der Waals surface area contributed by atoms with E-state index in [2.05, 4.69) is 4.72 Å². The Kier molecular flexibility index (Phi) is 5.25. The number of nitrogens with two attached hydrogens (primary N) is 1. The molecule has 19 heavy (non-hydrogen) atoms. The number of rotatable bonds is 6. The molecule has 0 atom stereocenters. The van der Waals surface area contributed by atoms with Crippen molar-refractivity contribution in [2.24, 2.45) is 0 Å². The van der Waals surface area contributed by atoms with Gasteiger partial charge in [-0.25, -0.2) is 21.6 Å². The van der Waals surface area contributed by atoms with Crippen molar-refractivity contribution in [3.8, 4) is 0 Å². The molecule has 0 saturated carbocycles. The van der Waals surface area contributed by atoms with Crippen molar-refractivity contribution in [1.82, 2.24) is 4.72 Å². The number of thioether (sulfide) groups is 1. The number of anilines is 1. The molecule has 0 aliphatic heterocycles. The SMILES string of the molecule is CNS(=O)(=O)c1cc(N)ccc1SCCS(C)(=O)=O. The number of benzene rings is 1. The summed E-state index contributed by atoms with van der Waals surface area (Å²) in [6.45, 7) is 0. The molecular weight excluding hydrogens is 308 g/mol. The zero-order valence-electron chi connectivity index (χ0n) is 10.6. The van der Waals surface area contributed by atoms with Crippen LogP contribution in [0, 0.1) is 0 Å². The number of hydrogen-bond donors (Lipinski definition) is 2. The zero-order chi connectivity index (χ0) is 14.7. The molecule has 0 unspecified atom stereocenters. The summed E-state index contributed by atoms with van der Waals surface area (Å²) in [6, 6.07) is 4.51. The van der Waals surface area contributed by atoms with Crippen molar-refractivity contribution >= 4 is 37.3 Å². The van der Waals surface area contributed by atoms with E-state index in [1.54, 1.807) is 12.1 Å². The minimum atomic E-state index is -3.62. The summed E-state index contributed by atoms with van der Waals surface area (Å²) >= 11 is 1.17. The number of nitrogens with one attached hydrogen (secondary N) is 1. The van der Waals surface area contributed by atoms with E-state index in [-0.39, 0.29) is 16.4 Å². The van der Waals surface area contributed by atoms with Crippen molar-refractivity contribution in [2.45, 2.75) is 9.79 Å². The van der Waals surface area contributed by atoms with Gasteiger partial charge in [0.1, 0.15) is 9.84 Å². The van der Waals surface area contributed by atoms with E-state index in [9.17, 15) is 16.8 Å². The second-order valence-corrected chi connectivity index (χ2v) is 9.14. The van der Waals surface area contributed by atoms with Gasteiger partial charge in [0.05, 0.1) is 10.6 Å². The second kappa shape index (κ2) is 6.12. The van der Waals surface area contributed by atoms with E-state index in [4.69, 9.17) is 5.73 Å². The molecule has 1 aromatic carbocycles. The van der Waals surface area contributed by atoms with Crippen LogP contribution >= 0.6 is 11.8 Å². The Bertz CT molecular complexity index is 653. The van der Waals surface area contributed by atoms with Gasteiger partial charge >= 0.3 is 0 Å². The van der Waals surface area contributed by atoms with Gasteiger partial charge in [-0.15, -0.1) is 11.8 Å². The summed E-state index contributed by atoms with van der Waals surface area (Å²) in [4.78, 5) is 0.542. The van der Waals surface area contributed by atoms with Crippen molar-refractivity contribution in [1.29, 1.82) is 0 Å². The van der Waals surface area contributed by atoms with E-state index >= 15 is 0 Å². The third-order valence-electron chi connectivity index (χ3n) is 2.24. The number of hydrogen-bond acceptors (Lipinski definition) is 6. The molecule has 0 fully saturated rings. The third-order valence-corrected chi connectivity index (χ3v) is 6.10. The van der Waals surface area contributed by atoms with Gasteiger partial charge in [0, 0.05) is 22.6 Å². The van der Waals surface area contributed by atoms with Gasteiger partial charge in [0.25, 0.3) is 0 Å². The summed E-state index contributed by atoms with van der Waals surface area (Å²) in [6.07, 6.45) is 1.14. The normalized spacial score (nSPS) is 12.5. The Labute approximate surface area is 117 Å². The van der Waals surface area contributed by atoms with Crippen LogP contribution in [0.25, 0.3) is 0 Å². The van der Waals surface area contributed by atoms with Gasteiger partial charge < -0.3 is 5.73 Å². The predicted octanol–water partition coefficient (Wildman–Crippen LogP) is 0.314. The molecule has 1 rings (SSSR count). The minimum absolute atomic E-state index is 0.0128. The molecule has 0 aliphatic rings. The van der Waals surface area contributed by atoms with Crippen LogP contribution in [0.2, 0.25) is 0 Å². The van der Waals surface area contributed by atoms with Crippen molar-refractivity contribution in [3.05, 3.63) is 18.2 Å². The average Bonchev–Trinajstić information content (AvgIpc) is 2.29. The van der Waals surface area contributed by atoms with Crippen LogP contribution in [0.1, 0.15) is 0 Å². The maximum atomic E-state index is 11.8. The Morgan fingerprint density at radius 2 is 1.89 bits per heavy atom. The molecule has 3 N–H and O–H groups in total. The minimum Gasteiger partial charge on any atom is -0.399 e. The summed E-state index contributed by atoms with van der Waals surface area (Å²) in [5.74, 6) is 0.274. The molecule has 0 amide bonds. The van der Waals surface area contributed by atoms with Gasteiger partial charge in [-0.1, -0.05) is 0 Å². The molecular formula is C10H16N2O4S3. The van der Waals surface area contributed by atoms with E-state index in [1.807, 2.05) is 0 Å². The molecule has 0 bridgehead atoms. The smallest absolute Gasteiger partial charge is 0.241 e. The van der Waals surface area contributed by atoms with Crippen molar-refractivity contribution in [3.63, 3.8) is 0 Å². The fourth-order valence-electron chi connectivity index (χ4n) is 1.27. The van der Waals surface area contributed by atoms with Gasteiger partial charge in [0.2, 0.25) is 10.0 Å². The maximum Gasteiger partial charge on any atom is 0.241 e. The van der Waals surface area contributed by atoms with E-state index in [1.165, 1.54) is 24.9 Å². The Morgan fingerprint density at radius 1 is 1.26 bits per heavy atom. The molecule has 0 aromatic heterocycles. The highest BCUT2D eigenvalue weighted by atomic mass is 32.2. The first-order chi connectivity index (χ1) is 8.65. The van der Waals surface area contributed by atoms with Crippen LogP contribution in [0.5, 0.6) is 0 Å². The number of sulfone groups is 1. The lowest BCUT2D eigenvalue weighted by atomic mass is 10.3. The Balaban J connectivity index is 3.02. The van der Waals surface area contributed by atoms with Gasteiger partial charge in [0.15, 0.2) is 0 Å². The summed E-state index contributed by atoms with van der Waals surface area (Å²) in [5.41, 5.74) is 5.91. The first kappa shape index (κ1) is 16.3. The van der Waals surface area contributed by atoms with Gasteiger partial charge in [-0.05, 0) is 25.2 Å². The largest absolute Gasteiger partial charge is 0.399 e. The standard InChI is InChI=1S/C10H16N2O4S3/c1-12-19(15,16)10-7-8(11)3-4-9(10)17-5-6-18(2,13)14/h3-4,7,12H,5-6,11H2,1-2H3. The first-order valence-electron chi connectivity index (χ1n) is 5.29. The summed E-state index contributed by atoms with van der Waals surface area (Å²) in [7, 11) is -5.38. The third kappa shape index (κ3) is 5.01. The fraction of sp³-hybridized carbons (Fsp3) is 0.400. The van der Waals surface area contributed by atoms with Gasteiger partial charge in [-0.3, -0.25) is 0 Å². The lowest BCUT2D eigenvalue weighted by Crippen LogP contribution is -2.19. The topological polar surface area (TPSA) is 106 Å². The highest BCUT2D eigenvalue weighted by Gasteiger charge is 2.17. The molecule has 1 aromatic rings. The van der Waals surface area contributed by atoms with E-state index < -0.39 is 19.9 Å². The van der Waals surface area contributed by atoms with E-state index in [0.717, 1.165) is 6.26 Å². The van der Waals surface area contributed by atoms with Crippen LogP contribution in [0.3, 0.4) is 0 Å². The van der Waals surface area contributed by atoms with Crippen LogP contribution in [0.4, 0.5) is 5.69 Å². The molecule has 6 nitrogen and oxygen atoms in total. The molecule has 0 radical (unpaired) electrons. The average molecular weight is 324 g/mol. The van der Waals surface area contributed by atoms with Crippen LogP contribution in [0.15, 0.2) is 28.0 Å². The highest BCUT2D eigenvalue weighted by molar-refractivity contribution is 8.01. The maximum absolute atomic E-state index is 11.8. The molecule has 9 heteroatoms. The monoisotopic (exact) mass is 324 g/mol. The fourth-order valence-corrected chi connectivity index (χ4v) is 4.75. The predicted molar refractivity (Wildman–Crippen MR) is 77.5 cm³/mol. The van der Waals surface area contributed by atoms with Crippen LogP contribution in [-0.4, -0.2) is 41.6 Å². The van der Waals surface area contributed by atoms with Crippen molar-refractivity contribution < 1.29 is 16.8 Å². The summed E-state index contributed by atoms with van der Waals surface area (Å²) in [5, 5.41) is 0.